The summed E-state index contributed by atoms with van der Waals surface area (Å²) in [6, 6.07) is 11.1. The van der Waals surface area contributed by atoms with Gasteiger partial charge >= 0.3 is 0 Å². The summed E-state index contributed by atoms with van der Waals surface area (Å²) in [5.41, 5.74) is 0.648. The zero-order chi connectivity index (χ0) is 14.3. The molecule has 0 spiro atoms. The molecule has 5 heteroatoms. The number of phenolic OH excluding ortho intramolecular Hbond substituents is 1. The lowest BCUT2D eigenvalue weighted by Crippen LogP contribution is -2.00. The average Bonchev–Trinajstić information content (AvgIpc) is 2.41. The van der Waals surface area contributed by atoms with Crippen LogP contribution in [0.4, 0.5) is 0 Å². The van der Waals surface area contributed by atoms with E-state index in [9.17, 15) is 9.90 Å². The molecule has 3 aromatic rings. The van der Waals surface area contributed by atoms with Gasteiger partial charge in [0, 0.05) is 21.6 Å². The lowest BCUT2D eigenvalue weighted by Gasteiger charge is -2.06. The fourth-order valence-corrected chi connectivity index (χ4v) is 2.49. The summed E-state index contributed by atoms with van der Waals surface area (Å²) in [4.78, 5) is 12.1. The van der Waals surface area contributed by atoms with E-state index in [1.807, 2.05) is 0 Å². The summed E-state index contributed by atoms with van der Waals surface area (Å²) in [5, 5.41) is 10.8. The van der Waals surface area contributed by atoms with E-state index in [0.717, 1.165) is 4.47 Å². The zero-order valence-corrected chi connectivity index (χ0v) is 12.4. The summed E-state index contributed by atoms with van der Waals surface area (Å²) >= 11 is 9.23. The second-order valence-corrected chi connectivity index (χ2v) is 5.63. The molecule has 0 bridgehead atoms. The summed E-state index contributed by atoms with van der Waals surface area (Å²) in [6.45, 7) is 0. The van der Waals surface area contributed by atoms with Gasteiger partial charge in [-0.05, 0) is 30.3 Å². The molecular weight excluding hydrogens is 344 g/mol. The van der Waals surface area contributed by atoms with Gasteiger partial charge in [0.2, 0.25) is 0 Å². The Bertz CT molecular complexity index is 871. The van der Waals surface area contributed by atoms with Gasteiger partial charge in [-0.25, -0.2) is 0 Å². The molecule has 20 heavy (non-hydrogen) atoms. The summed E-state index contributed by atoms with van der Waals surface area (Å²) in [6.07, 6.45) is 0. The molecular formula is C15H8BrClO3. The van der Waals surface area contributed by atoms with Crippen LogP contribution in [-0.2, 0) is 0 Å². The molecule has 0 aliphatic heterocycles. The van der Waals surface area contributed by atoms with Crippen LogP contribution in [0.5, 0.6) is 5.75 Å². The van der Waals surface area contributed by atoms with Gasteiger partial charge in [0.1, 0.15) is 17.1 Å². The number of hydrogen-bond donors (Lipinski definition) is 1. The van der Waals surface area contributed by atoms with Crippen molar-refractivity contribution >= 4 is 38.5 Å². The molecule has 0 unspecified atom stereocenters. The van der Waals surface area contributed by atoms with Crippen molar-refractivity contribution < 1.29 is 9.52 Å². The van der Waals surface area contributed by atoms with Gasteiger partial charge in [-0.3, -0.25) is 4.79 Å². The highest BCUT2D eigenvalue weighted by molar-refractivity contribution is 9.10. The number of aromatic hydroxyl groups is 1. The molecule has 0 atom stereocenters. The van der Waals surface area contributed by atoms with E-state index in [1.165, 1.54) is 12.1 Å². The Morgan fingerprint density at radius 1 is 1.10 bits per heavy atom. The summed E-state index contributed by atoms with van der Waals surface area (Å²) < 4.78 is 6.46. The molecule has 1 N–H and O–H groups in total. The van der Waals surface area contributed by atoms with Crippen LogP contribution in [0, 0.1) is 0 Å². The van der Waals surface area contributed by atoms with Crippen molar-refractivity contribution in [3.8, 4) is 17.1 Å². The van der Waals surface area contributed by atoms with Crippen LogP contribution in [-0.4, -0.2) is 5.11 Å². The quantitative estimate of drug-likeness (QED) is 0.698. The predicted molar refractivity (Wildman–Crippen MR) is 82.3 cm³/mol. The summed E-state index contributed by atoms with van der Waals surface area (Å²) in [7, 11) is 0. The van der Waals surface area contributed by atoms with Gasteiger partial charge in [-0.15, -0.1) is 0 Å². The van der Waals surface area contributed by atoms with Crippen molar-refractivity contribution in [2.75, 3.05) is 0 Å². The number of halogens is 2. The van der Waals surface area contributed by atoms with Crippen LogP contribution in [0.3, 0.4) is 0 Å². The molecule has 0 aliphatic carbocycles. The fourth-order valence-electron chi connectivity index (χ4n) is 1.97. The number of benzene rings is 2. The number of rotatable bonds is 1. The van der Waals surface area contributed by atoms with E-state index in [0.29, 0.717) is 27.3 Å². The molecule has 0 amide bonds. The minimum Gasteiger partial charge on any atom is -0.507 e. The minimum atomic E-state index is -0.183. The van der Waals surface area contributed by atoms with Gasteiger partial charge in [0.15, 0.2) is 5.43 Å². The first-order chi connectivity index (χ1) is 9.54. The molecule has 0 saturated carbocycles. The van der Waals surface area contributed by atoms with Gasteiger partial charge in [0.05, 0.1) is 10.9 Å². The van der Waals surface area contributed by atoms with E-state index in [-0.39, 0.29) is 11.2 Å². The standard InChI is InChI=1S/C15H8BrClO3/c16-8-1-4-12(18)11(5-8)15-7-13(19)10-3-2-9(17)6-14(10)20-15/h1-7,18H. The van der Waals surface area contributed by atoms with Crippen molar-refractivity contribution in [1.29, 1.82) is 0 Å². The second-order valence-electron chi connectivity index (χ2n) is 4.28. The summed E-state index contributed by atoms with van der Waals surface area (Å²) in [5.74, 6) is 0.335. The fraction of sp³-hybridized carbons (Fsp3) is 0. The largest absolute Gasteiger partial charge is 0.507 e. The predicted octanol–water partition coefficient (Wildman–Crippen LogP) is 4.58. The third kappa shape index (κ3) is 2.32. The van der Waals surface area contributed by atoms with Gasteiger partial charge in [0.25, 0.3) is 0 Å². The number of hydrogen-bond acceptors (Lipinski definition) is 3. The molecule has 2 aromatic carbocycles. The van der Waals surface area contributed by atoms with E-state index in [2.05, 4.69) is 15.9 Å². The van der Waals surface area contributed by atoms with Crippen LogP contribution in [0.25, 0.3) is 22.3 Å². The van der Waals surface area contributed by atoms with Crippen LogP contribution in [0.1, 0.15) is 0 Å². The molecule has 0 aliphatic rings. The SMILES string of the molecule is O=c1cc(-c2cc(Br)ccc2O)oc2cc(Cl)ccc12. The molecule has 3 nitrogen and oxygen atoms in total. The number of fused-ring (bicyclic) bond motifs is 1. The molecule has 0 fully saturated rings. The van der Waals surface area contributed by atoms with Crippen molar-refractivity contribution in [2.24, 2.45) is 0 Å². The van der Waals surface area contributed by atoms with E-state index >= 15 is 0 Å². The van der Waals surface area contributed by atoms with Gasteiger partial charge < -0.3 is 9.52 Å². The first-order valence-corrected chi connectivity index (χ1v) is 6.94. The molecule has 3 rings (SSSR count). The van der Waals surface area contributed by atoms with Crippen LogP contribution < -0.4 is 5.43 Å². The molecule has 0 radical (unpaired) electrons. The maximum absolute atomic E-state index is 12.1. The topological polar surface area (TPSA) is 50.4 Å². The van der Waals surface area contributed by atoms with Crippen molar-refractivity contribution in [3.05, 3.63) is 62.2 Å². The third-order valence-corrected chi connectivity index (χ3v) is 3.64. The van der Waals surface area contributed by atoms with Crippen molar-refractivity contribution in [3.63, 3.8) is 0 Å². The lowest BCUT2D eigenvalue weighted by atomic mass is 10.1. The maximum atomic E-state index is 12.1. The van der Waals surface area contributed by atoms with Crippen LogP contribution in [0.15, 0.2) is 56.1 Å². The highest BCUT2D eigenvalue weighted by atomic mass is 79.9. The Kier molecular flexibility index (Phi) is 3.28. The highest BCUT2D eigenvalue weighted by Gasteiger charge is 2.11. The Morgan fingerprint density at radius 3 is 2.70 bits per heavy atom. The van der Waals surface area contributed by atoms with E-state index in [1.54, 1.807) is 30.3 Å². The minimum absolute atomic E-state index is 0.0396. The maximum Gasteiger partial charge on any atom is 0.193 e. The highest BCUT2D eigenvalue weighted by Crippen LogP contribution is 2.32. The van der Waals surface area contributed by atoms with Crippen molar-refractivity contribution in [1.82, 2.24) is 0 Å². The molecule has 0 saturated heterocycles. The van der Waals surface area contributed by atoms with E-state index in [4.69, 9.17) is 16.0 Å². The Hall–Kier alpha value is -1.78. The average molecular weight is 352 g/mol. The smallest absolute Gasteiger partial charge is 0.193 e. The molecule has 100 valence electrons. The van der Waals surface area contributed by atoms with E-state index < -0.39 is 0 Å². The van der Waals surface area contributed by atoms with Gasteiger partial charge in [-0.1, -0.05) is 27.5 Å². The Balaban J connectivity index is 2.32. The second kappa shape index (κ2) is 4.96. The van der Waals surface area contributed by atoms with Gasteiger partial charge in [-0.2, -0.15) is 0 Å². The first kappa shape index (κ1) is 13.2. The lowest BCUT2D eigenvalue weighted by molar-refractivity contribution is 0.474. The van der Waals surface area contributed by atoms with Crippen molar-refractivity contribution in [2.45, 2.75) is 0 Å². The Labute approximate surface area is 127 Å². The Morgan fingerprint density at radius 2 is 1.90 bits per heavy atom. The normalized spacial score (nSPS) is 10.9. The number of phenols is 1. The molecule has 1 heterocycles. The monoisotopic (exact) mass is 350 g/mol. The first-order valence-electron chi connectivity index (χ1n) is 5.77. The molecule has 1 aromatic heterocycles. The van der Waals surface area contributed by atoms with Crippen LogP contribution >= 0.6 is 27.5 Å². The zero-order valence-electron chi connectivity index (χ0n) is 10.1. The van der Waals surface area contributed by atoms with Crippen LogP contribution in [0.2, 0.25) is 5.02 Å². The third-order valence-electron chi connectivity index (χ3n) is 2.92.